The lowest BCUT2D eigenvalue weighted by Gasteiger charge is -2.28. The summed E-state index contributed by atoms with van der Waals surface area (Å²) in [6.07, 6.45) is 0.399. The molecule has 12 nitrogen and oxygen atoms in total. The van der Waals surface area contributed by atoms with E-state index in [0.29, 0.717) is 19.5 Å². The van der Waals surface area contributed by atoms with Crippen LogP contribution in [0.4, 0.5) is 4.39 Å². The molecule has 13 heteroatoms. The number of ether oxygens (including phenoxy) is 1. The smallest absolute Gasteiger partial charge is 0.258 e. The quantitative estimate of drug-likeness (QED) is 0.389. The summed E-state index contributed by atoms with van der Waals surface area (Å²) in [7, 11) is 6.68. The minimum atomic E-state index is -1.04. The van der Waals surface area contributed by atoms with Crippen LogP contribution in [0.1, 0.15) is 35.2 Å². The van der Waals surface area contributed by atoms with E-state index in [9.17, 15) is 28.4 Å². The maximum Gasteiger partial charge on any atom is 0.258 e. The number of likely N-dealkylation sites (N-methyl/N-ethyl adjacent to an activating group) is 3. The predicted octanol–water partition coefficient (Wildman–Crippen LogP) is 2.06. The van der Waals surface area contributed by atoms with E-state index >= 15 is 0 Å². The van der Waals surface area contributed by atoms with Crippen molar-refractivity contribution >= 4 is 40.3 Å². The Balaban J connectivity index is 1.35. The van der Waals surface area contributed by atoms with E-state index in [1.165, 1.54) is 36.0 Å². The highest BCUT2D eigenvalue weighted by molar-refractivity contribution is 5.99. The minimum absolute atomic E-state index is 0.0173. The molecule has 0 radical (unpaired) electrons. The van der Waals surface area contributed by atoms with Crippen LogP contribution in [-0.2, 0) is 25.6 Å². The minimum Gasteiger partial charge on any atom is -0.491 e. The maximum atomic E-state index is 14.5. The molecule has 50 heavy (non-hydrogen) atoms. The first-order valence-corrected chi connectivity index (χ1v) is 16.8. The van der Waals surface area contributed by atoms with Crippen LogP contribution < -0.4 is 15.4 Å². The molecule has 2 aliphatic heterocycles. The number of carbonyl (C=O) groups excluding carboxylic acids is 5. The van der Waals surface area contributed by atoms with Crippen LogP contribution in [-0.4, -0.2) is 128 Å². The van der Waals surface area contributed by atoms with Crippen molar-refractivity contribution in [3.05, 3.63) is 77.6 Å². The van der Waals surface area contributed by atoms with E-state index in [1.54, 1.807) is 4.90 Å². The van der Waals surface area contributed by atoms with Gasteiger partial charge in [0, 0.05) is 46.2 Å². The molecular formula is C37H45FN6O6. The molecule has 0 bridgehead atoms. The number of nitrogens with one attached hydrogen (secondary N) is 2. The van der Waals surface area contributed by atoms with Gasteiger partial charge in [0.2, 0.25) is 23.6 Å². The lowest BCUT2D eigenvalue weighted by atomic mass is 10.0. The molecule has 5 amide bonds. The highest BCUT2D eigenvalue weighted by Crippen LogP contribution is 2.26. The lowest BCUT2D eigenvalue weighted by molar-refractivity contribution is -0.140. The molecule has 2 N–H and O–H groups in total. The fourth-order valence-corrected chi connectivity index (χ4v) is 6.46. The molecule has 2 aliphatic rings. The average Bonchev–Trinajstić information content (AvgIpc) is 3.48. The Morgan fingerprint density at radius 2 is 1.74 bits per heavy atom. The molecule has 266 valence electrons. The number of benzene rings is 3. The molecule has 3 aromatic carbocycles. The van der Waals surface area contributed by atoms with Crippen LogP contribution in [0.15, 0.2) is 60.7 Å². The zero-order valence-corrected chi connectivity index (χ0v) is 29.0. The van der Waals surface area contributed by atoms with Crippen molar-refractivity contribution in [3.63, 3.8) is 0 Å². The number of nitrogens with zero attached hydrogens (tertiary/aromatic N) is 4. The monoisotopic (exact) mass is 688 g/mol. The van der Waals surface area contributed by atoms with E-state index in [1.807, 2.05) is 61.5 Å². The topological polar surface area (TPSA) is 132 Å². The van der Waals surface area contributed by atoms with Crippen molar-refractivity contribution in [2.45, 2.75) is 43.8 Å². The summed E-state index contributed by atoms with van der Waals surface area (Å²) in [4.78, 5) is 73.2. The zero-order chi connectivity index (χ0) is 35.9. The Morgan fingerprint density at radius 3 is 2.50 bits per heavy atom. The van der Waals surface area contributed by atoms with Crippen molar-refractivity contribution in [1.82, 2.24) is 30.2 Å². The zero-order valence-electron chi connectivity index (χ0n) is 29.0. The lowest BCUT2D eigenvalue weighted by Crippen LogP contribution is -2.49. The molecule has 0 saturated carbocycles. The van der Waals surface area contributed by atoms with Gasteiger partial charge in [-0.1, -0.05) is 42.5 Å². The number of amides is 5. The Hall–Kier alpha value is -5.04. The Kier molecular flexibility index (Phi) is 11.7. The Morgan fingerprint density at radius 1 is 0.980 bits per heavy atom. The van der Waals surface area contributed by atoms with Crippen molar-refractivity contribution in [1.29, 1.82) is 0 Å². The summed E-state index contributed by atoms with van der Waals surface area (Å²) in [5.41, 5.74) is 0.772. The van der Waals surface area contributed by atoms with Crippen LogP contribution in [0.5, 0.6) is 5.75 Å². The summed E-state index contributed by atoms with van der Waals surface area (Å²) in [5.74, 6) is -2.58. The molecule has 3 aromatic rings. The maximum absolute atomic E-state index is 14.5. The molecule has 0 unspecified atom stereocenters. The highest BCUT2D eigenvalue weighted by Gasteiger charge is 2.38. The van der Waals surface area contributed by atoms with Crippen molar-refractivity contribution in [2.24, 2.45) is 0 Å². The van der Waals surface area contributed by atoms with Crippen LogP contribution in [0.25, 0.3) is 10.8 Å². The van der Waals surface area contributed by atoms with Gasteiger partial charge >= 0.3 is 0 Å². The SMILES string of the molecule is CN(C)CCNC(=O)[C@@H]1CCC(=O)N(C)CC(=O)N2C[C@@H](NC(=O)Cc3ccc4ccccc4c3)C[C@H]2COc2ccc(F)cc2C(=O)N1C. The molecule has 1 fully saturated rings. The van der Waals surface area contributed by atoms with Gasteiger partial charge in [0.15, 0.2) is 0 Å². The van der Waals surface area contributed by atoms with E-state index in [2.05, 4.69) is 10.6 Å². The van der Waals surface area contributed by atoms with Gasteiger partial charge in [0.1, 0.15) is 24.2 Å². The normalized spacial score (nSPS) is 20.6. The standard InChI is InChI=1S/C37H45FN6O6/c1-41(2)16-15-39-36(48)31-12-14-34(46)42(3)22-35(47)44-21-28(40-33(45)18-24-9-10-25-7-5-6-8-26(25)17-24)20-29(44)23-50-32-13-11-27(38)19-30(32)37(49)43(31)4/h5-11,13,17,19,28-29,31H,12,14-16,18,20-23H2,1-4H3,(H,39,48)(H,40,45)/t28-,29-,31-/m0/s1. The van der Waals surface area contributed by atoms with Crippen LogP contribution in [0, 0.1) is 5.82 Å². The summed E-state index contributed by atoms with van der Waals surface area (Å²) < 4.78 is 20.7. The fourth-order valence-electron chi connectivity index (χ4n) is 6.46. The second-order valence-electron chi connectivity index (χ2n) is 13.3. The number of rotatable bonds is 7. The molecule has 3 atom stereocenters. The first kappa shape index (κ1) is 36.2. The van der Waals surface area contributed by atoms with E-state index in [-0.39, 0.29) is 74.0 Å². The Bertz CT molecular complexity index is 1750. The molecule has 0 spiro atoms. The largest absolute Gasteiger partial charge is 0.491 e. The van der Waals surface area contributed by atoms with Crippen LogP contribution in [0.3, 0.4) is 0 Å². The third kappa shape index (κ3) is 8.94. The highest BCUT2D eigenvalue weighted by atomic mass is 19.1. The molecule has 0 aromatic heterocycles. The summed E-state index contributed by atoms with van der Waals surface area (Å²) >= 11 is 0. The van der Waals surface area contributed by atoms with Crippen molar-refractivity contribution < 1.29 is 33.1 Å². The third-order valence-electron chi connectivity index (χ3n) is 9.26. The van der Waals surface area contributed by atoms with Crippen molar-refractivity contribution in [2.75, 3.05) is 61.0 Å². The molecule has 0 aliphatic carbocycles. The first-order valence-electron chi connectivity index (χ1n) is 16.8. The number of hydrogen-bond acceptors (Lipinski definition) is 7. The van der Waals surface area contributed by atoms with E-state index in [0.717, 1.165) is 22.4 Å². The van der Waals surface area contributed by atoms with E-state index in [4.69, 9.17) is 4.74 Å². The summed E-state index contributed by atoms with van der Waals surface area (Å²) in [6, 6.07) is 15.4. The van der Waals surface area contributed by atoms with Gasteiger partial charge in [0.25, 0.3) is 5.91 Å². The molecule has 5 rings (SSSR count). The number of hydrogen-bond donors (Lipinski definition) is 2. The Labute approximate surface area is 291 Å². The van der Waals surface area contributed by atoms with Gasteiger partial charge < -0.3 is 35.0 Å². The van der Waals surface area contributed by atoms with Crippen LogP contribution in [0.2, 0.25) is 0 Å². The average molecular weight is 689 g/mol. The van der Waals surface area contributed by atoms with Gasteiger partial charge in [-0.05, 0) is 61.5 Å². The number of carbonyl (C=O) groups is 5. The first-order chi connectivity index (χ1) is 23.9. The fraction of sp³-hybridized carbons (Fsp3) is 0.432. The molecule has 1 saturated heterocycles. The molecular weight excluding hydrogens is 643 g/mol. The summed E-state index contributed by atoms with van der Waals surface area (Å²) in [6.45, 7) is 0.816. The number of fused-ring (bicyclic) bond motifs is 3. The van der Waals surface area contributed by atoms with E-state index < -0.39 is 29.7 Å². The van der Waals surface area contributed by atoms with Gasteiger partial charge in [0.05, 0.1) is 24.6 Å². The van der Waals surface area contributed by atoms with Gasteiger partial charge in [-0.15, -0.1) is 0 Å². The van der Waals surface area contributed by atoms with Gasteiger partial charge in [-0.2, -0.15) is 0 Å². The second-order valence-corrected chi connectivity index (χ2v) is 13.3. The van der Waals surface area contributed by atoms with Crippen LogP contribution >= 0.6 is 0 Å². The number of halogens is 1. The summed E-state index contributed by atoms with van der Waals surface area (Å²) in [5, 5.41) is 7.99. The van der Waals surface area contributed by atoms with Crippen molar-refractivity contribution in [3.8, 4) is 5.75 Å². The third-order valence-corrected chi connectivity index (χ3v) is 9.26. The molecule has 2 heterocycles. The van der Waals surface area contributed by atoms with Gasteiger partial charge in [-0.25, -0.2) is 4.39 Å². The van der Waals surface area contributed by atoms with Gasteiger partial charge in [-0.3, -0.25) is 24.0 Å². The predicted molar refractivity (Wildman–Crippen MR) is 186 cm³/mol. The second kappa shape index (κ2) is 16.1.